The molecule has 1 aliphatic heterocycles. The smallest absolute Gasteiger partial charge is 0.319 e. The minimum Gasteiger partial charge on any atom is -0.337 e. The number of rotatable bonds is 5. The number of hydrogen-bond donors (Lipinski definition) is 3. The number of carbonyl (C=O) groups is 2. The maximum Gasteiger partial charge on any atom is 0.319 e. The van der Waals surface area contributed by atoms with Crippen LogP contribution in [0, 0.1) is 0 Å². The summed E-state index contributed by atoms with van der Waals surface area (Å²) in [6.45, 7) is 3.27. The van der Waals surface area contributed by atoms with Gasteiger partial charge in [-0.25, -0.2) is 4.79 Å². The molecule has 7 heteroatoms. The maximum atomic E-state index is 12.5. The van der Waals surface area contributed by atoms with Gasteiger partial charge in [0.15, 0.2) is 0 Å². The number of nitrogens with zero attached hydrogens (tertiary/aromatic N) is 1. The second kappa shape index (κ2) is 9.37. The first-order valence-corrected chi connectivity index (χ1v) is 7.69. The average molecular weight is 341 g/mol. The molecule has 1 aliphatic rings. The van der Waals surface area contributed by atoms with E-state index >= 15 is 0 Å². The van der Waals surface area contributed by atoms with Crippen LogP contribution in [0.25, 0.3) is 0 Å². The molecule has 1 aromatic rings. The summed E-state index contributed by atoms with van der Waals surface area (Å²) in [6, 6.07) is 8.49. The molecule has 2 atom stereocenters. The van der Waals surface area contributed by atoms with E-state index in [-0.39, 0.29) is 30.4 Å². The third kappa shape index (κ3) is 5.41. The molecule has 0 saturated carbocycles. The van der Waals surface area contributed by atoms with Crippen molar-refractivity contribution < 1.29 is 9.59 Å². The van der Waals surface area contributed by atoms with Gasteiger partial charge in [0, 0.05) is 24.8 Å². The minimum atomic E-state index is -0.541. The van der Waals surface area contributed by atoms with E-state index in [0.29, 0.717) is 5.69 Å². The number of likely N-dealkylation sites (N-methyl/N-ethyl adjacent to an activating group) is 1. The molecule has 0 bridgehead atoms. The number of anilines is 1. The van der Waals surface area contributed by atoms with Crippen LogP contribution in [0.3, 0.4) is 0 Å². The Kier molecular flexibility index (Phi) is 7.85. The van der Waals surface area contributed by atoms with Crippen molar-refractivity contribution in [3.8, 4) is 0 Å². The summed E-state index contributed by atoms with van der Waals surface area (Å²) < 4.78 is 0. The molecule has 3 N–H and O–H groups in total. The maximum absolute atomic E-state index is 12.5. The number of benzene rings is 1. The Bertz CT molecular complexity index is 512. The first kappa shape index (κ1) is 19.3. The number of likely N-dealkylation sites (tertiary alicyclic amines) is 1. The Morgan fingerprint density at radius 2 is 2.00 bits per heavy atom. The molecular formula is C16H25ClN4O2. The molecule has 6 nitrogen and oxygen atoms in total. The van der Waals surface area contributed by atoms with E-state index in [1.54, 1.807) is 19.1 Å². The van der Waals surface area contributed by atoms with Crippen molar-refractivity contribution in [1.29, 1.82) is 0 Å². The quantitative estimate of drug-likeness (QED) is 0.765. The molecule has 1 fully saturated rings. The van der Waals surface area contributed by atoms with Crippen molar-refractivity contribution in [3.63, 3.8) is 0 Å². The third-order valence-corrected chi connectivity index (χ3v) is 3.85. The highest BCUT2D eigenvalue weighted by Crippen LogP contribution is 2.17. The zero-order valence-electron chi connectivity index (χ0n) is 13.5. The van der Waals surface area contributed by atoms with Gasteiger partial charge in [-0.2, -0.15) is 0 Å². The van der Waals surface area contributed by atoms with Gasteiger partial charge in [-0.05, 0) is 38.9 Å². The van der Waals surface area contributed by atoms with Gasteiger partial charge in [0.05, 0.1) is 0 Å². The van der Waals surface area contributed by atoms with Gasteiger partial charge < -0.3 is 20.9 Å². The highest BCUT2D eigenvalue weighted by molar-refractivity contribution is 5.93. The zero-order valence-corrected chi connectivity index (χ0v) is 14.4. The van der Waals surface area contributed by atoms with E-state index in [1.165, 1.54) is 0 Å². The largest absolute Gasteiger partial charge is 0.337 e. The fraction of sp³-hybridized carbons (Fsp3) is 0.500. The van der Waals surface area contributed by atoms with E-state index < -0.39 is 6.04 Å². The molecule has 3 amide bonds. The Balaban J connectivity index is 0.00000264. The van der Waals surface area contributed by atoms with Crippen LogP contribution in [0.1, 0.15) is 19.8 Å². The number of urea groups is 1. The lowest BCUT2D eigenvalue weighted by Crippen LogP contribution is -2.51. The van der Waals surface area contributed by atoms with Gasteiger partial charge in [0.2, 0.25) is 5.91 Å². The Morgan fingerprint density at radius 3 is 2.65 bits per heavy atom. The fourth-order valence-corrected chi connectivity index (χ4v) is 2.77. The number of amides is 3. The molecule has 1 heterocycles. The molecule has 1 aromatic carbocycles. The van der Waals surface area contributed by atoms with Gasteiger partial charge in [-0.15, -0.1) is 12.4 Å². The van der Waals surface area contributed by atoms with E-state index in [2.05, 4.69) is 16.0 Å². The standard InChI is InChI=1S/C16H24N4O2.ClH/c1-12(15(21)20-10-6-9-14(20)11-17-2)18-16(22)19-13-7-4-3-5-8-13;/h3-5,7-8,12,14,17H,6,9-11H2,1-2H3,(H2,18,19,22);1H. The summed E-state index contributed by atoms with van der Waals surface area (Å²) in [6.07, 6.45) is 2.02. The Morgan fingerprint density at radius 1 is 1.30 bits per heavy atom. The second-order valence-corrected chi connectivity index (χ2v) is 5.57. The van der Waals surface area contributed by atoms with E-state index in [0.717, 1.165) is 25.9 Å². The average Bonchev–Trinajstić information content (AvgIpc) is 2.96. The molecule has 0 radical (unpaired) electrons. The van der Waals surface area contributed by atoms with Crippen LogP contribution >= 0.6 is 12.4 Å². The predicted molar refractivity (Wildman–Crippen MR) is 94.0 cm³/mol. The van der Waals surface area contributed by atoms with Crippen LogP contribution in [0.5, 0.6) is 0 Å². The summed E-state index contributed by atoms with van der Waals surface area (Å²) in [5.41, 5.74) is 0.703. The van der Waals surface area contributed by atoms with Gasteiger partial charge in [0.1, 0.15) is 6.04 Å². The number of nitrogens with one attached hydrogen (secondary N) is 3. The summed E-state index contributed by atoms with van der Waals surface area (Å²) >= 11 is 0. The molecule has 128 valence electrons. The highest BCUT2D eigenvalue weighted by Gasteiger charge is 2.31. The topological polar surface area (TPSA) is 73.5 Å². The van der Waals surface area contributed by atoms with Gasteiger partial charge in [-0.3, -0.25) is 4.79 Å². The lowest BCUT2D eigenvalue weighted by Gasteiger charge is -2.27. The van der Waals surface area contributed by atoms with E-state index in [1.807, 2.05) is 30.1 Å². The molecule has 23 heavy (non-hydrogen) atoms. The molecule has 2 rings (SSSR count). The third-order valence-electron chi connectivity index (χ3n) is 3.85. The lowest BCUT2D eigenvalue weighted by atomic mass is 10.2. The van der Waals surface area contributed by atoms with E-state index in [9.17, 15) is 9.59 Å². The van der Waals surface area contributed by atoms with Gasteiger partial charge in [0.25, 0.3) is 0 Å². The fourth-order valence-electron chi connectivity index (χ4n) is 2.77. The van der Waals surface area contributed by atoms with Crippen molar-refractivity contribution in [1.82, 2.24) is 15.5 Å². The predicted octanol–water partition coefficient (Wildman–Crippen LogP) is 1.83. The number of carbonyl (C=O) groups excluding carboxylic acids is 2. The van der Waals surface area contributed by atoms with Crippen LogP contribution in [0.4, 0.5) is 10.5 Å². The summed E-state index contributed by atoms with van der Waals surface area (Å²) in [5.74, 6) is -0.0269. The van der Waals surface area contributed by atoms with Gasteiger partial charge >= 0.3 is 6.03 Å². The lowest BCUT2D eigenvalue weighted by molar-refractivity contribution is -0.133. The van der Waals surface area contributed by atoms with Crippen LogP contribution in [-0.4, -0.2) is 49.1 Å². The van der Waals surface area contributed by atoms with Crippen LogP contribution in [0.15, 0.2) is 30.3 Å². The normalized spacial score (nSPS) is 18.0. The zero-order chi connectivity index (χ0) is 15.9. The molecular weight excluding hydrogens is 316 g/mol. The van der Waals surface area contributed by atoms with Crippen molar-refractivity contribution in [2.75, 3.05) is 25.5 Å². The summed E-state index contributed by atoms with van der Waals surface area (Å²) in [5, 5.41) is 8.54. The molecule has 1 saturated heterocycles. The van der Waals surface area contributed by atoms with Crippen LogP contribution < -0.4 is 16.0 Å². The van der Waals surface area contributed by atoms with Crippen LogP contribution in [0.2, 0.25) is 0 Å². The van der Waals surface area contributed by atoms with E-state index in [4.69, 9.17) is 0 Å². The van der Waals surface area contributed by atoms with Crippen molar-refractivity contribution in [2.24, 2.45) is 0 Å². The first-order chi connectivity index (χ1) is 10.6. The summed E-state index contributed by atoms with van der Waals surface area (Å²) in [4.78, 5) is 26.3. The van der Waals surface area contributed by atoms with Crippen molar-refractivity contribution in [2.45, 2.75) is 31.8 Å². The second-order valence-electron chi connectivity index (χ2n) is 5.57. The Hall–Kier alpha value is -1.79. The van der Waals surface area contributed by atoms with Crippen LogP contribution in [-0.2, 0) is 4.79 Å². The molecule has 2 unspecified atom stereocenters. The highest BCUT2D eigenvalue weighted by atomic mass is 35.5. The number of para-hydroxylation sites is 1. The monoisotopic (exact) mass is 340 g/mol. The molecule has 0 spiro atoms. The van der Waals surface area contributed by atoms with Crippen molar-refractivity contribution >= 4 is 30.0 Å². The number of halogens is 1. The van der Waals surface area contributed by atoms with Gasteiger partial charge in [-0.1, -0.05) is 18.2 Å². The molecule has 0 aliphatic carbocycles. The summed E-state index contributed by atoms with van der Waals surface area (Å²) in [7, 11) is 1.88. The Labute approximate surface area is 143 Å². The first-order valence-electron chi connectivity index (χ1n) is 7.69. The minimum absolute atomic E-state index is 0. The SMILES string of the molecule is CNCC1CCCN1C(=O)C(C)NC(=O)Nc1ccccc1.Cl. The van der Waals surface area contributed by atoms with Crippen molar-refractivity contribution in [3.05, 3.63) is 30.3 Å². The number of hydrogen-bond acceptors (Lipinski definition) is 3. The molecule has 0 aromatic heterocycles.